The Labute approximate surface area is 95.7 Å². The van der Waals surface area contributed by atoms with Crippen LogP contribution in [0.3, 0.4) is 0 Å². The normalized spacial score (nSPS) is 9.81. The van der Waals surface area contributed by atoms with Gasteiger partial charge in [-0.3, -0.25) is 0 Å². The molecule has 1 rings (SSSR count). The van der Waals surface area contributed by atoms with E-state index in [1.807, 2.05) is 12.1 Å². The lowest BCUT2D eigenvalue weighted by molar-refractivity contribution is 0.194. The van der Waals surface area contributed by atoms with Crippen molar-refractivity contribution in [2.24, 2.45) is 0 Å². The predicted octanol–water partition coefficient (Wildman–Crippen LogP) is 2.32. The van der Waals surface area contributed by atoms with Crippen LogP contribution in [0, 0.1) is 0 Å². The van der Waals surface area contributed by atoms with Gasteiger partial charge >= 0.3 is 6.09 Å². The highest BCUT2D eigenvalue weighted by molar-refractivity contribution is 5.64. The van der Waals surface area contributed by atoms with Gasteiger partial charge in [0.05, 0.1) is 0 Å². The fraction of sp³-hybridized carbons (Fsp3) is 0.417. The summed E-state index contributed by atoms with van der Waals surface area (Å²) >= 11 is 0. The maximum Gasteiger partial charge on any atom is 0.404 e. The summed E-state index contributed by atoms with van der Waals surface area (Å²) in [7, 11) is 0. The van der Waals surface area contributed by atoms with Crippen molar-refractivity contribution >= 4 is 11.8 Å². The van der Waals surface area contributed by atoms with E-state index >= 15 is 0 Å². The summed E-state index contributed by atoms with van der Waals surface area (Å²) in [5.41, 5.74) is 2.39. The fourth-order valence-electron chi connectivity index (χ4n) is 1.37. The zero-order chi connectivity index (χ0) is 11.8. The number of rotatable bonds is 6. The van der Waals surface area contributed by atoms with Gasteiger partial charge in [-0.1, -0.05) is 19.1 Å². The van der Waals surface area contributed by atoms with Crippen LogP contribution in [0.15, 0.2) is 24.3 Å². The van der Waals surface area contributed by atoms with E-state index in [-0.39, 0.29) is 0 Å². The summed E-state index contributed by atoms with van der Waals surface area (Å²) in [5.74, 6) is 0. The van der Waals surface area contributed by atoms with Gasteiger partial charge in [-0.2, -0.15) is 0 Å². The number of nitrogens with one attached hydrogen (secondary N) is 2. The molecule has 16 heavy (non-hydrogen) atoms. The van der Waals surface area contributed by atoms with Crippen LogP contribution < -0.4 is 10.6 Å². The van der Waals surface area contributed by atoms with Crippen LogP contribution in [0.5, 0.6) is 0 Å². The molecule has 1 aromatic carbocycles. The van der Waals surface area contributed by atoms with Crippen LogP contribution in [0.1, 0.15) is 18.9 Å². The molecule has 3 N–H and O–H groups in total. The molecule has 4 nitrogen and oxygen atoms in total. The second-order valence-electron chi connectivity index (χ2n) is 3.56. The third-order valence-corrected chi connectivity index (χ3v) is 2.32. The molecule has 1 aromatic rings. The van der Waals surface area contributed by atoms with Gasteiger partial charge < -0.3 is 15.7 Å². The number of aryl methyl sites for hydroxylation is 1. The van der Waals surface area contributed by atoms with Crippen molar-refractivity contribution in [2.75, 3.05) is 18.4 Å². The highest BCUT2D eigenvalue weighted by atomic mass is 16.4. The first-order valence-corrected chi connectivity index (χ1v) is 5.52. The average molecular weight is 222 g/mol. The number of benzene rings is 1. The van der Waals surface area contributed by atoms with E-state index in [4.69, 9.17) is 5.11 Å². The van der Waals surface area contributed by atoms with Gasteiger partial charge in [0.2, 0.25) is 0 Å². The van der Waals surface area contributed by atoms with E-state index < -0.39 is 6.09 Å². The standard InChI is InChI=1S/C12H18N2O2/c1-2-10-4-6-11(7-5-10)13-8-3-9-14-12(15)16/h4-7,13-14H,2-3,8-9H2,1H3,(H,15,16). The SMILES string of the molecule is CCc1ccc(NCCCNC(=O)O)cc1. The Morgan fingerprint density at radius 2 is 1.94 bits per heavy atom. The molecule has 0 aliphatic carbocycles. The number of anilines is 1. The molecule has 0 fully saturated rings. The van der Waals surface area contributed by atoms with Crippen LogP contribution >= 0.6 is 0 Å². The number of carbonyl (C=O) groups is 1. The molecule has 0 aliphatic heterocycles. The van der Waals surface area contributed by atoms with Crippen LogP contribution in [0.25, 0.3) is 0 Å². The minimum absolute atomic E-state index is 0.482. The first kappa shape index (κ1) is 12.4. The molecular weight excluding hydrogens is 204 g/mol. The number of amides is 1. The summed E-state index contributed by atoms with van der Waals surface area (Å²) in [5, 5.41) is 13.9. The van der Waals surface area contributed by atoms with Crippen molar-refractivity contribution in [3.8, 4) is 0 Å². The second kappa shape index (κ2) is 6.71. The Bertz CT molecular complexity index is 322. The zero-order valence-electron chi connectivity index (χ0n) is 9.49. The zero-order valence-corrected chi connectivity index (χ0v) is 9.49. The largest absolute Gasteiger partial charge is 0.465 e. The second-order valence-corrected chi connectivity index (χ2v) is 3.56. The third kappa shape index (κ3) is 4.68. The minimum Gasteiger partial charge on any atom is -0.465 e. The molecule has 0 unspecified atom stereocenters. The summed E-state index contributed by atoms with van der Waals surface area (Å²) in [6.07, 6.45) is 0.859. The first-order valence-electron chi connectivity index (χ1n) is 5.52. The lowest BCUT2D eigenvalue weighted by atomic mass is 10.1. The molecule has 0 saturated heterocycles. The Balaban J connectivity index is 2.19. The topological polar surface area (TPSA) is 61.4 Å². The molecule has 0 bridgehead atoms. The monoisotopic (exact) mass is 222 g/mol. The molecule has 1 amide bonds. The summed E-state index contributed by atoms with van der Waals surface area (Å²) in [6, 6.07) is 8.28. The molecule has 0 heterocycles. The van der Waals surface area contributed by atoms with Crippen LogP contribution in [-0.2, 0) is 6.42 Å². The van der Waals surface area contributed by atoms with Crippen molar-refractivity contribution in [3.05, 3.63) is 29.8 Å². The molecule has 0 aliphatic rings. The highest BCUT2D eigenvalue weighted by Gasteiger charge is 1.94. The van der Waals surface area contributed by atoms with E-state index in [1.54, 1.807) is 0 Å². The Kier molecular flexibility index (Phi) is 5.19. The van der Waals surface area contributed by atoms with Gasteiger partial charge in [-0.25, -0.2) is 4.79 Å². The Morgan fingerprint density at radius 1 is 1.25 bits per heavy atom. The van der Waals surface area contributed by atoms with E-state index in [0.717, 1.165) is 25.1 Å². The van der Waals surface area contributed by atoms with E-state index in [9.17, 15) is 4.79 Å². The number of carboxylic acid groups (broad SMARTS) is 1. The molecule has 0 saturated carbocycles. The Hall–Kier alpha value is -1.71. The summed E-state index contributed by atoms with van der Waals surface area (Å²) < 4.78 is 0. The first-order chi connectivity index (χ1) is 7.72. The quantitative estimate of drug-likeness (QED) is 0.647. The summed E-state index contributed by atoms with van der Waals surface area (Å²) in [4.78, 5) is 10.2. The van der Waals surface area contributed by atoms with Crippen molar-refractivity contribution in [3.63, 3.8) is 0 Å². The van der Waals surface area contributed by atoms with Crippen molar-refractivity contribution in [1.82, 2.24) is 5.32 Å². The third-order valence-electron chi connectivity index (χ3n) is 2.32. The maximum atomic E-state index is 10.2. The van der Waals surface area contributed by atoms with Gasteiger partial charge in [0, 0.05) is 18.8 Å². The van der Waals surface area contributed by atoms with Gasteiger partial charge in [0.1, 0.15) is 0 Å². The van der Waals surface area contributed by atoms with Gasteiger partial charge in [0.25, 0.3) is 0 Å². The van der Waals surface area contributed by atoms with Gasteiger partial charge in [-0.05, 0) is 30.5 Å². The van der Waals surface area contributed by atoms with Gasteiger partial charge in [-0.15, -0.1) is 0 Å². The summed E-state index contributed by atoms with van der Waals surface area (Å²) in [6.45, 7) is 3.38. The molecular formula is C12H18N2O2. The molecule has 88 valence electrons. The predicted molar refractivity (Wildman–Crippen MR) is 65.0 cm³/mol. The van der Waals surface area contributed by atoms with E-state index in [1.165, 1.54) is 5.56 Å². The van der Waals surface area contributed by atoms with Crippen molar-refractivity contribution in [1.29, 1.82) is 0 Å². The molecule has 0 aromatic heterocycles. The van der Waals surface area contributed by atoms with Gasteiger partial charge in [0.15, 0.2) is 0 Å². The van der Waals surface area contributed by atoms with E-state index in [0.29, 0.717) is 6.54 Å². The number of hydrogen-bond donors (Lipinski definition) is 3. The van der Waals surface area contributed by atoms with Crippen LogP contribution in [0.4, 0.5) is 10.5 Å². The molecule has 0 atom stereocenters. The molecule has 0 spiro atoms. The Morgan fingerprint density at radius 3 is 2.50 bits per heavy atom. The van der Waals surface area contributed by atoms with E-state index in [2.05, 4.69) is 29.7 Å². The van der Waals surface area contributed by atoms with Crippen molar-refractivity contribution < 1.29 is 9.90 Å². The average Bonchev–Trinajstić information content (AvgIpc) is 2.29. The smallest absolute Gasteiger partial charge is 0.404 e. The molecule has 0 radical (unpaired) electrons. The lowest BCUT2D eigenvalue weighted by Gasteiger charge is -2.06. The fourth-order valence-corrected chi connectivity index (χ4v) is 1.37. The maximum absolute atomic E-state index is 10.2. The van der Waals surface area contributed by atoms with Crippen LogP contribution in [-0.4, -0.2) is 24.3 Å². The minimum atomic E-state index is -0.965. The number of hydrogen-bond acceptors (Lipinski definition) is 2. The van der Waals surface area contributed by atoms with Crippen molar-refractivity contribution in [2.45, 2.75) is 19.8 Å². The highest BCUT2D eigenvalue weighted by Crippen LogP contribution is 2.09. The molecule has 4 heteroatoms. The lowest BCUT2D eigenvalue weighted by Crippen LogP contribution is -2.23. The van der Waals surface area contributed by atoms with Crippen LogP contribution in [0.2, 0.25) is 0 Å².